The molecule has 1 amide bonds. The highest BCUT2D eigenvalue weighted by Crippen LogP contribution is 2.25. The van der Waals surface area contributed by atoms with Gasteiger partial charge in [-0.2, -0.15) is 0 Å². The van der Waals surface area contributed by atoms with Crippen LogP contribution in [0.25, 0.3) is 0 Å². The van der Waals surface area contributed by atoms with Crippen LogP contribution in [0.15, 0.2) is 24.5 Å². The molecule has 0 unspecified atom stereocenters. The maximum absolute atomic E-state index is 12.1. The Morgan fingerprint density at radius 1 is 1.53 bits per heavy atom. The number of likely N-dealkylation sites (tertiary alicyclic amines) is 1. The van der Waals surface area contributed by atoms with Crippen molar-refractivity contribution in [3.8, 4) is 0 Å². The minimum Gasteiger partial charge on any atom is -0.342 e. The molecule has 19 heavy (non-hydrogen) atoms. The van der Waals surface area contributed by atoms with Gasteiger partial charge in [0.1, 0.15) is 5.82 Å². The van der Waals surface area contributed by atoms with Crippen LogP contribution in [0.1, 0.15) is 44.3 Å². The van der Waals surface area contributed by atoms with E-state index in [2.05, 4.69) is 22.6 Å². The van der Waals surface area contributed by atoms with Crippen molar-refractivity contribution in [1.29, 1.82) is 0 Å². The van der Waals surface area contributed by atoms with Gasteiger partial charge in [0, 0.05) is 44.9 Å². The number of aryl methyl sites for hydroxylation is 1. The van der Waals surface area contributed by atoms with Crippen LogP contribution in [0.5, 0.6) is 0 Å². The first kappa shape index (κ1) is 13.8. The van der Waals surface area contributed by atoms with Gasteiger partial charge in [0.15, 0.2) is 0 Å². The van der Waals surface area contributed by atoms with E-state index in [9.17, 15) is 4.79 Å². The number of carbonyl (C=O) groups is 1. The maximum Gasteiger partial charge on any atom is 0.226 e. The van der Waals surface area contributed by atoms with Crippen molar-refractivity contribution in [2.45, 2.75) is 38.5 Å². The summed E-state index contributed by atoms with van der Waals surface area (Å²) in [5, 5.41) is 0. The van der Waals surface area contributed by atoms with Crippen LogP contribution in [0.2, 0.25) is 0 Å². The molecule has 0 aliphatic carbocycles. The van der Waals surface area contributed by atoms with Gasteiger partial charge in [0.05, 0.1) is 0 Å². The number of amides is 1. The standard InChI is InChI=1S/C15H23N3O/c1-3-4-5-8-14(19)18-10-6-7-13(12-18)15-16-9-11-17(15)2/h4-5,9,11,13H,3,6-8,10,12H2,1-2H3/b5-4+/t13-/m1/s1. The maximum atomic E-state index is 12.1. The van der Waals surface area contributed by atoms with Crippen molar-refractivity contribution in [2.75, 3.05) is 13.1 Å². The van der Waals surface area contributed by atoms with Crippen LogP contribution in [0, 0.1) is 0 Å². The molecule has 0 saturated carbocycles. The molecule has 2 heterocycles. The summed E-state index contributed by atoms with van der Waals surface area (Å²) in [7, 11) is 2.02. The lowest BCUT2D eigenvalue weighted by Gasteiger charge is -2.32. The lowest BCUT2D eigenvalue weighted by Crippen LogP contribution is -2.39. The van der Waals surface area contributed by atoms with E-state index in [-0.39, 0.29) is 5.91 Å². The Morgan fingerprint density at radius 3 is 3.05 bits per heavy atom. The van der Waals surface area contributed by atoms with Crippen LogP contribution in [-0.2, 0) is 11.8 Å². The predicted molar refractivity (Wildman–Crippen MR) is 75.8 cm³/mol. The van der Waals surface area contributed by atoms with E-state index in [1.807, 2.05) is 30.4 Å². The number of nitrogens with zero attached hydrogens (tertiary/aromatic N) is 3. The molecule has 4 nitrogen and oxygen atoms in total. The topological polar surface area (TPSA) is 38.1 Å². The Balaban J connectivity index is 1.95. The number of hydrogen-bond donors (Lipinski definition) is 0. The van der Waals surface area contributed by atoms with Crippen LogP contribution in [0.4, 0.5) is 0 Å². The average molecular weight is 261 g/mol. The molecule has 1 fully saturated rings. The van der Waals surface area contributed by atoms with Gasteiger partial charge < -0.3 is 9.47 Å². The summed E-state index contributed by atoms with van der Waals surface area (Å²) < 4.78 is 2.07. The van der Waals surface area contributed by atoms with Crippen molar-refractivity contribution >= 4 is 5.91 Å². The van der Waals surface area contributed by atoms with E-state index >= 15 is 0 Å². The third kappa shape index (κ3) is 3.46. The lowest BCUT2D eigenvalue weighted by atomic mass is 9.97. The molecule has 1 aliphatic rings. The van der Waals surface area contributed by atoms with Crippen LogP contribution in [-0.4, -0.2) is 33.4 Å². The summed E-state index contributed by atoms with van der Waals surface area (Å²) >= 11 is 0. The SMILES string of the molecule is CC/C=C/CC(=O)N1CCC[C@@H](c2nccn2C)C1. The Morgan fingerprint density at radius 2 is 2.37 bits per heavy atom. The van der Waals surface area contributed by atoms with E-state index < -0.39 is 0 Å². The van der Waals surface area contributed by atoms with Gasteiger partial charge in [0.2, 0.25) is 5.91 Å². The molecule has 0 radical (unpaired) electrons. The largest absolute Gasteiger partial charge is 0.342 e. The van der Waals surface area contributed by atoms with E-state index in [0.717, 1.165) is 38.2 Å². The molecule has 1 aromatic heterocycles. The van der Waals surface area contributed by atoms with E-state index in [0.29, 0.717) is 12.3 Å². The van der Waals surface area contributed by atoms with E-state index in [4.69, 9.17) is 0 Å². The summed E-state index contributed by atoms with van der Waals surface area (Å²) in [5.74, 6) is 1.72. The van der Waals surface area contributed by atoms with Gasteiger partial charge in [-0.25, -0.2) is 4.98 Å². The summed E-state index contributed by atoms with van der Waals surface area (Å²) in [5.41, 5.74) is 0. The van der Waals surface area contributed by atoms with Gasteiger partial charge in [0.25, 0.3) is 0 Å². The molecule has 4 heteroatoms. The second kappa shape index (κ2) is 6.55. The summed E-state index contributed by atoms with van der Waals surface area (Å²) in [4.78, 5) is 18.5. The molecule has 0 N–H and O–H groups in total. The first-order valence-electron chi connectivity index (χ1n) is 7.12. The predicted octanol–water partition coefficient (Wildman–Crippen LogP) is 2.48. The molecule has 1 atom stereocenters. The summed E-state index contributed by atoms with van der Waals surface area (Å²) in [6.07, 6.45) is 11.6. The lowest BCUT2D eigenvalue weighted by molar-refractivity contribution is -0.131. The molecule has 2 rings (SSSR count). The Labute approximate surface area is 115 Å². The molecule has 1 aromatic rings. The van der Waals surface area contributed by atoms with Gasteiger partial charge in [-0.05, 0) is 19.3 Å². The van der Waals surface area contributed by atoms with E-state index in [1.165, 1.54) is 0 Å². The van der Waals surface area contributed by atoms with Crippen LogP contribution in [0.3, 0.4) is 0 Å². The molecule has 104 valence electrons. The Hall–Kier alpha value is -1.58. The monoisotopic (exact) mass is 261 g/mol. The van der Waals surface area contributed by atoms with Gasteiger partial charge in [-0.15, -0.1) is 0 Å². The van der Waals surface area contributed by atoms with Crippen molar-refractivity contribution in [1.82, 2.24) is 14.5 Å². The highest BCUT2D eigenvalue weighted by atomic mass is 16.2. The van der Waals surface area contributed by atoms with Crippen LogP contribution < -0.4 is 0 Å². The van der Waals surface area contributed by atoms with Crippen molar-refractivity contribution < 1.29 is 4.79 Å². The minimum atomic E-state index is 0.239. The number of hydrogen-bond acceptors (Lipinski definition) is 2. The highest BCUT2D eigenvalue weighted by Gasteiger charge is 2.26. The smallest absolute Gasteiger partial charge is 0.226 e. The van der Waals surface area contributed by atoms with Gasteiger partial charge >= 0.3 is 0 Å². The zero-order valence-electron chi connectivity index (χ0n) is 11.9. The second-order valence-corrected chi connectivity index (χ2v) is 5.16. The third-order valence-electron chi connectivity index (χ3n) is 3.69. The molecule has 0 bridgehead atoms. The number of rotatable bonds is 4. The summed E-state index contributed by atoms with van der Waals surface area (Å²) in [6, 6.07) is 0. The molecule has 0 spiro atoms. The first-order chi connectivity index (χ1) is 9.22. The Bertz CT molecular complexity index is 450. The summed E-state index contributed by atoms with van der Waals surface area (Å²) in [6.45, 7) is 3.78. The molecular weight excluding hydrogens is 238 g/mol. The Kier molecular flexibility index (Phi) is 4.77. The van der Waals surface area contributed by atoms with Crippen LogP contribution >= 0.6 is 0 Å². The van der Waals surface area contributed by atoms with E-state index in [1.54, 1.807) is 0 Å². The zero-order chi connectivity index (χ0) is 13.7. The number of carbonyl (C=O) groups excluding carboxylic acids is 1. The third-order valence-corrected chi connectivity index (χ3v) is 3.69. The van der Waals surface area contributed by atoms with Gasteiger partial charge in [-0.3, -0.25) is 4.79 Å². The average Bonchev–Trinajstić information content (AvgIpc) is 2.85. The molecular formula is C15H23N3O. The fourth-order valence-electron chi connectivity index (χ4n) is 2.66. The first-order valence-corrected chi connectivity index (χ1v) is 7.12. The van der Waals surface area contributed by atoms with Gasteiger partial charge in [-0.1, -0.05) is 19.1 Å². The number of piperidine rings is 1. The van der Waals surface area contributed by atoms with Crippen molar-refractivity contribution in [3.63, 3.8) is 0 Å². The quantitative estimate of drug-likeness (QED) is 0.781. The molecule has 1 saturated heterocycles. The number of imidazole rings is 1. The fraction of sp³-hybridized carbons (Fsp3) is 0.600. The zero-order valence-corrected chi connectivity index (χ0v) is 11.9. The fourth-order valence-corrected chi connectivity index (χ4v) is 2.66. The second-order valence-electron chi connectivity index (χ2n) is 5.16. The molecule has 0 aromatic carbocycles. The highest BCUT2D eigenvalue weighted by molar-refractivity contribution is 5.77. The normalized spacial score (nSPS) is 20.1. The molecule has 1 aliphatic heterocycles. The minimum absolute atomic E-state index is 0.239. The number of allylic oxidation sites excluding steroid dienone is 1. The number of aromatic nitrogens is 2. The van der Waals surface area contributed by atoms with Crippen molar-refractivity contribution in [3.05, 3.63) is 30.4 Å². The van der Waals surface area contributed by atoms with Crippen molar-refractivity contribution in [2.24, 2.45) is 7.05 Å².